The van der Waals surface area contributed by atoms with Crippen molar-refractivity contribution >= 4 is 22.6 Å². The number of nitrogens with zero attached hydrogens (tertiary/aromatic N) is 4. The van der Waals surface area contributed by atoms with E-state index in [2.05, 4.69) is 20.5 Å². The van der Waals surface area contributed by atoms with Gasteiger partial charge < -0.3 is 29.0 Å². The van der Waals surface area contributed by atoms with Crippen molar-refractivity contribution in [3.05, 3.63) is 82.4 Å². The van der Waals surface area contributed by atoms with Crippen molar-refractivity contribution in [1.82, 2.24) is 19.4 Å². The highest BCUT2D eigenvalue weighted by atomic mass is 35.5. The number of aromatic nitrogens is 3. The smallest absolute Gasteiger partial charge is 0.292 e. The molecule has 3 aliphatic rings. The minimum atomic E-state index is -1.51. The summed E-state index contributed by atoms with van der Waals surface area (Å²) in [6.07, 6.45) is 3.25. The van der Waals surface area contributed by atoms with Gasteiger partial charge in [-0.25, -0.2) is 4.98 Å². The molecule has 2 fully saturated rings. The molecule has 0 saturated carbocycles. The third-order valence-electron chi connectivity index (χ3n) is 8.53. The number of hydrogen-bond donors (Lipinski definition) is 2. The zero-order valence-electron chi connectivity index (χ0n) is 22.9. The summed E-state index contributed by atoms with van der Waals surface area (Å²) in [6, 6.07) is 15.2. The molecule has 9 nitrogen and oxygen atoms in total. The van der Waals surface area contributed by atoms with Crippen molar-refractivity contribution in [2.24, 2.45) is 0 Å². The maximum atomic E-state index is 9.72. The van der Waals surface area contributed by atoms with E-state index in [9.17, 15) is 10.2 Å². The lowest BCUT2D eigenvalue weighted by Crippen LogP contribution is -2.35. The minimum Gasteiger partial charge on any atom is -0.443 e. The van der Waals surface area contributed by atoms with Gasteiger partial charge in [0, 0.05) is 30.9 Å². The van der Waals surface area contributed by atoms with Crippen LogP contribution in [0.2, 0.25) is 5.02 Å². The maximum absolute atomic E-state index is 9.72. The predicted octanol–water partition coefficient (Wildman–Crippen LogP) is 4.88. The Kier molecular flexibility index (Phi) is 6.87. The van der Waals surface area contributed by atoms with Crippen LogP contribution in [0.1, 0.15) is 61.0 Å². The standard InChI is InChI=1S/C31H33ClN4O5/c1-31(27-8-6-21(32)16-33-27)40-26-4-2-3-23(29(26)41-31)19-9-12-35(13-10-19)18-28-34-24-7-5-20(30(37)38)15-25(24)36(28)17-22-11-14-39-22/h2-8,15-16,19,22,30,37-38H,9-14,17-18H2,1H3/t22-,31-/m0/s1. The Morgan fingerprint density at radius 2 is 1.90 bits per heavy atom. The molecule has 2 N–H and O–H groups in total. The monoisotopic (exact) mass is 576 g/mol. The van der Waals surface area contributed by atoms with E-state index in [1.807, 2.05) is 37.3 Å². The molecule has 0 spiro atoms. The third kappa shape index (κ3) is 5.06. The van der Waals surface area contributed by atoms with Gasteiger partial charge in [-0.05, 0) is 68.6 Å². The van der Waals surface area contributed by atoms with Crippen LogP contribution in [0.4, 0.5) is 0 Å². The van der Waals surface area contributed by atoms with Gasteiger partial charge in [-0.1, -0.05) is 29.8 Å². The molecule has 2 saturated heterocycles. The topological polar surface area (TPSA) is 102 Å². The molecule has 214 valence electrons. The quantitative estimate of drug-likeness (QED) is 0.300. The van der Waals surface area contributed by atoms with Crippen LogP contribution in [0.15, 0.2) is 54.7 Å². The fourth-order valence-corrected chi connectivity index (χ4v) is 6.24. The van der Waals surface area contributed by atoms with E-state index < -0.39 is 12.1 Å². The number of ether oxygens (including phenoxy) is 3. The predicted molar refractivity (Wildman–Crippen MR) is 153 cm³/mol. The fourth-order valence-electron chi connectivity index (χ4n) is 6.13. The molecule has 0 bridgehead atoms. The second-order valence-corrected chi connectivity index (χ2v) is 11.7. The molecule has 0 unspecified atom stereocenters. The summed E-state index contributed by atoms with van der Waals surface area (Å²) in [7, 11) is 0. The van der Waals surface area contributed by atoms with Crippen LogP contribution in [0, 0.1) is 0 Å². The van der Waals surface area contributed by atoms with E-state index in [1.165, 1.54) is 5.56 Å². The molecule has 7 rings (SSSR count). The van der Waals surface area contributed by atoms with Gasteiger partial charge in [-0.3, -0.25) is 9.88 Å². The van der Waals surface area contributed by atoms with Crippen LogP contribution in [-0.2, 0) is 23.6 Å². The third-order valence-corrected chi connectivity index (χ3v) is 8.75. The molecule has 2 aromatic carbocycles. The molecular formula is C31H33ClN4O5. The van der Waals surface area contributed by atoms with Crippen LogP contribution >= 0.6 is 11.6 Å². The number of likely N-dealkylation sites (tertiary alicyclic amines) is 1. The number of fused-ring (bicyclic) bond motifs is 2. The van der Waals surface area contributed by atoms with Crippen LogP contribution in [0.25, 0.3) is 11.0 Å². The number of aliphatic hydroxyl groups is 2. The van der Waals surface area contributed by atoms with E-state index in [0.717, 1.165) is 73.9 Å². The van der Waals surface area contributed by atoms with Gasteiger partial charge in [-0.15, -0.1) is 0 Å². The number of aliphatic hydroxyl groups excluding tert-OH is 1. The number of halogens is 1. The van der Waals surface area contributed by atoms with E-state index in [1.54, 1.807) is 18.3 Å². The molecular weight excluding hydrogens is 544 g/mol. The largest absolute Gasteiger partial charge is 0.443 e. The molecule has 41 heavy (non-hydrogen) atoms. The average molecular weight is 577 g/mol. The van der Waals surface area contributed by atoms with E-state index in [-0.39, 0.29) is 6.10 Å². The highest BCUT2D eigenvalue weighted by molar-refractivity contribution is 6.30. The summed E-state index contributed by atoms with van der Waals surface area (Å²) >= 11 is 6.04. The molecule has 0 aliphatic carbocycles. The molecule has 3 aliphatic heterocycles. The number of para-hydroxylation sites is 1. The van der Waals surface area contributed by atoms with Crippen LogP contribution in [0.3, 0.4) is 0 Å². The number of benzene rings is 2. The van der Waals surface area contributed by atoms with E-state index in [4.69, 9.17) is 30.8 Å². The average Bonchev–Trinajstić information content (AvgIpc) is 3.47. The molecule has 5 heterocycles. The van der Waals surface area contributed by atoms with Crippen molar-refractivity contribution < 1.29 is 24.4 Å². The first-order valence-electron chi connectivity index (χ1n) is 14.2. The Morgan fingerprint density at radius 1 is 1.07 bits per heavy atom. The highest BCUT2D eigenvalue weighted by Gasteiger charge is 2.42. The van der Waals surface area contributed by atoms with Gasteiger partial charge in [0.25, 0.3) is 5.79 Å². The molecule has 0 amide bonds. The Morgan fingerprint density at radius 3 is 2.61 bits per heavy atom. The molecule has 2 aromatic heterocycles. The summed E-state index contributed by atoms with van der Waals surface area (Å²) < 4.78 is 20.6. The second-order valence-electron chi connectivity index (χ2n) is 11.3. The van der Waals surface area contributed by atoms with Crippen molar-refractivity contribution in [3.63, 3.8) is 0 Å². The lowest BCUT2D eigenvalue weighted by Gasteiger charge is -2.33. The highest BCUT2D eigenvalue weighted by Crippen LogP contribution is 2.49. The Hall–Kier alpha value is -3.21. The number of pyridine rings is 1. The van der Waals surface area contributed by atoms with Crippen molar-refractivity contribution in [2.45, 2.75) is 63.4 Å². The van der Waals surface area contributed by atoms with Crippen molar-refractivity contribution in [2.75, 3.05) is 19.7 Å². The number of rotatable bonds is 7. The summed E-state index contributed by atoms with van der Waals surface area (Å²) in [5.74, 6) is 1.86. The molecule has 4 aromatic rings. The van der Waals surface area contributed by atoms with Crippen LogP contribution in [-0.4, -0.2) is 55.4 Å². The first kappa shape index (κ1) is 26.7. The van der Waals surface area contributed by atoms with E-state index >= 15 is 0 Å². The Labute approximate surface area is 243 Å². The second kappa shape index (κ2) is 10.6. The zero-order chi connectivity index (χ0) is 28.1. The minimum absolute atomic E-state index is 0.163. The van der Waals surface area contributed by atoms with Gasteiger partial charge in [0.15, 0.2) is 17.8 Å². The SMILES string of the molecule is C[C@]1(c2ccc(Cl)cn2)Oc2cccc(C3CCN(Cc4nc5ccc(C(O)O)cc5n4C[C@@H]4CCO4)CC3)c2O1. The molecule has 0 radical (unpaired) electrons. The van der Waals surface area contributed by atoms with Crippen LogP contribution < -0.4 is 9.47 Å². The first-order valence-corrected chi connectivity index (χ1v) is 14.6. The lowest BCUT2D eigenvalue weighted by atomic mass is 9.88. The van der Waals surface area contributed by atoms with Gasteiger partial charge in [-0.2, -0.15) is 0 Å². The first-order chi connectivity index (χ1) is 19.9. The fraction of sp³-hybridized carbons (Fsp3) is 0.419. The number of piperidine rings is 1. The molecule has 2 atom stereocenters. The van der Waals surface area contributed by atoms with Crippen LogP contribution in [0.5, 0.6) is 11.5 Å². The summed E-state index contributed by atoms with van der Waals surface area (Å²) in [5, 5.41) is 20.0. The van der Waals surface area contributed by atoms with E-state index in [0.29, 0.717) is 28.7 Å². The van der Waals surface area contributed by atoms with Gasteiger partial charge in [0.05, 0.1) is 35.2 Å². The van der Waals surface area contributed by atoms with Gasteiger partial charge in [0.1, 0.15) is 11.5 Å². The van der Waals surface area contributed by atoms with Crippen molar-refractivity contribution in [1.29, 1.82) is 0 Å². The maximum Gasteiger partial charge on any atom is 0.292 e. The summed E-state index contributed by atoms with van der Waals surface area (Å²) in [5.41, 5.74) is 4.07. The summed E-state index contributed by atoms with van der Waals surface area (Å²) in [6.45, 7) is 5.96. The number of imidazole rings is 1. The normalized spacial score (nSPS) is 22.9. The molecule has 10 heteroatoms. The lowest BCUT2D eigenvalue weighted by molar-refractivity contribution is -0.0722. The Balaban J connectivity index is 1.07. The van der Waals surface area contributed by atoms with Gasteiger partial charge >= 0.3 is 0 Å². The van der Waals surface area contributed by atoms with Gasteiger partial charge in [0.2, 0.25) is 0 Å². The number of hydrogen-bond acceptors (Lipinski definition) is 8. The van der Waals surface area contributed by atoms with Crippen molar-refractivity contribution in [3.8, 4) is 11.5 Å². The summed E-state index contributed by atoms with van der Waals surface area (Å²) in [4.78, 5) is 11.8. The zero-order valence-corrected chi connectivity index (χ0v) is 23.6. The Bertz CT molecular complexity index is 1560.